The quantitative estimate of drug-likeness (QED) is 0.845. The summed E-state index contributed by atoms with van der Waals surface area (Å²) in [6, 6.07) is 0.356. The van der Waals surface area contributed by atoms with Crippen LogP contribution in [-0.2, 0) is 17.6 Å². The van der Waals surface area contributed by atoms with Crippen LogP contribution in [0.4, 0.5) is 0 Å². The number of aromatic amines is 1. The van der Waals surface area contributed by atoms with Crippen molar-refractivity contribution in [3.63, 3.8) is 0 Å². The molecule has 0 aromatic carbocycles. The molecule has 0 amide bonds. The van der Waals surface area contributed by atoms with Gasteiger partial charge < -0.3 is 14.8 Å². The summed E-state index contributed by atoms with van der Waals surface area (Å²) in [4.78, 5) is 13.2. The Labute approximate surface area is 144 Å². The van der Waals surface area contributed by atoms with Gasteiger partial charge in [0.1, 0.15) is 5.82 Å². The molecule has 1 aromatic rings. The second-order valence-electron chi connectivity index (χ2n) is 7.47. The number of imidazole rings is 1. The number of aliphatic hydroxyl groups excluding tert-OH is 1. The first kappa shape index (κ1) is 16.5. The molecule has 0 radical (unpaired) electrons. The lowest BCUT2D eigenvalue weighted by molar-refractivity contribution is 0.00562. The van der Waals surface area contributed by atoms with E-state index in [1.165, 1.54) is 30.7 Å². The second-order valence-corrected chi connectivity index (χ2v) is 7.47. The first-order valence-corrected chi connectivity index (χ1v) is 9.59. The number of hydrogen-bond donors (Lipinski definition) is 2. The number of hydrogen-bond acceptors (Lipinski definition) is 5. The molecule has 0 bridgehead atoms. The number of ether oxygens (including phenoxy) is 1. The summed E-state index contributed by atoms with van der Waals surface area (Å²) < 4.78 is 5.38. The maximum absolute atomic E-state index is 10.5. The van der Waals surface area contributed by atoms with E-state index in [1.54, 1.807) is 0 Å². The molecule has 4 rings (SSSR count). The van der Waals surface area contributed by atoms with Gasteiger partial charge in [0, 0.05) is 31.9 Å². The highest BCUT2D eigenvalue weighted by atomic mass is 16.5. The van der Waals surface area contributed by atoms with E-state index in [-0.39, 0.29) is 6.10 Å². The summed E-state index contributed by atoms with van der Waals surface area (Å²) in [5.74, 6) is 1.14. The molecule has 1 aliphatic carbocycles. The molecular weight excluding hydrogens is 304 g/mol. The Balaban J connectivity index is 1.36. The standard InChI is InChI=1S/C18H30N4O2/c23-14(12-21-8-10-24-11-9-21)13-22-7-3-6-17(22)18-19-15-4-1-2-5-16(15)20-18/h14,17,23H,1-13H2,(H,19,20)/t14-,17-/m0/s1. The van der Waals surface area contributed by atoms with Gasteiger partial charge in [0.05, 0.1) is 31.1 Å². The third kappa shape index (κ3) is 3.67. The van der Waals surface area contributed by atoms with Crippen LogP contribution in [0, 0.1) is 0 Å². The van der Waals surface area contributed by atoms with E-state index in [9.17, 15) is 5.11 Å². The SMILES string of the molecule is O[C@@H](CN1CCOCC1)CN1CCC[C@H]1c1nc2c([nH]1)CCCC2. The Morgan fingerprint density at radius 2 is 1.96 bits per heavy atom. The van der Waals surface area contributed by atoms with Gasteiger partial charge in [0.25, 0.3) is 0 Å². The molecule has 2 aliphatic heterocycles. The minimum Gasteiger partial charge on any atom is -0.390 e. The number of H-pyrrole nitrogens is 1. The Kier molecular flexibility index (Phi) is 5.17. The van der Waals surface area contributed by atoms with Crippen molar-refractivity contribution in [3.8, 4) is 0 Å². The molecule has 3 aliphatic rings. The van der Waals surface area contributed by atoms with Crippen molar-refractivity contribution in [2.24, 2.45) is 0 Å². The fraction of sp³-hybridized carbons (Fsp3) is 0.833. The van der Waals surface area contributed by atoms with Gasteiger partial charge in [-0.1, -0.05) is 0 Å². The number of rotatable bonds is 5. The van der Waals surface area contributed by atoms with Crippen molar-refractivity contribution in [3.05, 3.63) is 17.2 Å². The third-order valence-electron chi connectivity index (χ3n) is 5.67. The number of likely N-dealkylation sites (tertiary alicyclic amines) is 1. The van der Waals surface area contributed by atoms with Crippen LogP contribution >= 0.6 is 0 Å². The summed E-state index contributed by atoms with van der Waals surface area (Å²) in [5.41, 5.74) is 2.65. The minimum absolute atomic E-state index is 0.298. The number of morpholine rings is 1. The fourth-order valence-corrected chi connectivity index (χ4v) is 4.40. The van der Waals surface area contributed by atoms with Crippen molar-refractivity contribution < 1.29 is 9.84 Å². The van der Waals surface area contributed by atoms with Crippen molar-refractivity contribution in [2.75, 3.05) is 45.9 Å². The van der Waals surface area contributed by atoms with Crippen LogP contribution in [0.5, 0.6) is 0 Å². The summed E-state index contributed by atoms with van der Waals surface area (Å²) >= 11 is 0. The molecule has 2 N–H and O–H groups in total. The molecule has 2 saturated heterocycles. The van der Waals surface area contributed by atoms with Crippen LogP contribution in [0.1, 0.15) is 48.9 Å². The summed E-state index contributed by atoms with van der Waals surface area (Å²) in [6.07, 6.45) is 6.86. The van der Waals surface area contributed by atoms with Gasteiger partial charge in [0.2, 0.25) is 0 Å². The summed E-state index contributed by atoms with van der Waals surface area (Å²) in [7, 11) is 0. The lowest BCUT2D eigenvalue weighted by Gasteiger charge is -2.31. The zero-order valence-corrected chi connectivity index (χ0v) is 14.5. The highest BCUT2D eigenvalue weighted by Crippen LogP contribution is 2.32. The van der Waals surface area contributed by atoms with E-state index >= 15 is 0 Å². The van der Waals surface area contributed by atoms with Crippen molar-refractivity contribution in [1.29, 1.82) is 0 Å². The average Bonchev–Trinajstić information content (AvgIpc) is 3.21. The Bertz CT molecular complexity index is 518. The molecule has 6 heteroatoms. The smallest absolute Gasteiger partial charge is 0.124 e. The van der Waals surface area contributed by atoms with Crippen LogP contribution in [0.2, 0.25) is 0 Å². The van der Waals surface area contributed by atoms with Crippen LogP contribution in [0.3, 0.4) is 0 Å². The van der Waals surface area contributed by atoms with Gasteiger partial charge >= 0.3 is 0 Å². The number of aromatic nitrogens is 2. The number of aryl methyl sites for hydroxylation is 2. The van der Waals surface area contributed by atoms with Crippen LogP contribution < -0.4 is 0 Å². The van der Waals surface area contributed by atoms with E-state index in [4.69, 9.17) is 9.72 Å². The van der Waals surface area contributed by atoms with Gasteiger partial charge in [-0.25, -0.2) is 4.98 Å². The molecule has 0 unspecified atom stereocenters. The zero-order chi connectivity index (χ0) is 16.4. The number of nitrogens with zero attached hydrogens (tertiary/aromatic N) is 3. The molecule has 6 nitrogen and oxygen atoms in total. The van der Waals surface area contributed by atoms with Gasteiger partial charge in [-0.15, -0.1) is 0 Å². The summed E-state index contributed by atoms with van der Waals surface area (Å²) in [5, 5.41) is 10.5. The minimum atomic E-state index is -0.298. The molecule has 24 heavy (non-hydrogen) atoms. The lowest BCUT2D eigenvalue weighted by Crippen LogP contribution is -2.44. The van der Waals surface area contributed by atoms with Crippen molar-refractivity contribution >= 4 is 0 Å². The van der Waals surface area contributed by atoms with E-state index in [2.05, 4.69) is 14.8 Å². The molecule has 0 saturated carbocycles. The van der Waals surface area contributed by atoms with E-state index in [0.29, 0.717) is 6.04 Å². The fourth-order valence-electron chi connectivity index (χ4n) is 4.40. The van der Waals surface area contributed by atoms with E-state index in [0.717, 1.165) is 71.0 Å². The maximum Gasteiger partial charge on any atom is 0.124 e. The van der Waals surface area contributed by atoms with Crippen LogP contribution in [0.15, 0.2) is 0 Å². The zero-order valence-electron chi connectivity index (χ0n) is 14.5. The monoisotopic (exact) mass is 334 g/mol. The lowest BCUT2D eigenvalue weighted by atomic mass is 10.0. The predicted molar refractivity (Wildman–Crippen MR) is 92.0 cm³/mol. The molecule has 134 valence electrons. The van der Waals surface area contributed by atoms with Gasteiger partial charge in [-0.05, 0) is 45.1 Å². The molecule has 1 aromatic heterocycles. The largest absolute Gasteiger partial charge is 0.390 e. The number of aliphatic hydroxyl groups is 1. The predicted octanol–water partition coefficient (Wildman–Crippen LogP) is 1.12. The summed E-state index contributed by atoms with van der Waals surface area (Å²) in [6.45, 7) is 6.01. The molecule has 3 heterocycles. The average molecular weight is 334 g/mol. The highest BCUT2D eigenvalue weighted by Gasteiger charge is 2.31. The Morgan fingerprint density at radius 3 is 2.79 bits per heavy atom. The number of β-amino-alcohol motifs (C(OH)–C–C–N with tert-alkyl or cyclic N) is 1. The second kappa shape index (κ2) is 7.52. The Hall–Kier alpha value is -0.950. The van der Waals surface area contributed by atoms with Gasteiger partial charge in [0.15, 0.2) is 0 Å². The first-order chi connectivity index (χ1) is 11.8. The normalized spacial score (nSPS) is 27.3. The van der Waals surface area contributed by atoms with E-state index < -0.39 is 0 Å². The molecule has 0 spiro atoms. The first-order valence-electron chi connectivity index (χ1n) is 9.59. The number of nitrogens with one attached hydrogen (secondary N) is 1. The van der Waals surface area contributed by atoms with Crippen molar-refractivity contribution in [1.82, 2.24) is 19.8 Å². The third-order valence-corrected chi connectivity index (χ3v) is 5.67. The highest BCUT2D eigenvalue weighted by molar-refractivity contribution is 5.19. The van der Waals surface area contributed by atoms with Crippen molar-refractivity contribution in [2.45, 2.75) is 50.7 Å². The van der Waals surface area contributed by atoms with Gasteiger partial charge in [-0.3, -0.25) is 9.80 Å². The van der Waals surface area contributed by atoms with Crippen LogP contribution in [-0.4, -0.2) is 76.9 Å². The Morgan fingerprint density at radius 1 is 1.12 bits per heavy atom. The molecule has 2 atom stereocenters. The maximum atomic E-state index is 10.5. The number of fused-ring (bicyclic) bond motifs is 1. The topological polar surface area (TPSA) is 64.6 Å². The molecular formula is C18H30N4O2. The van der Waals surface area contributed by atoms with Crippen LogP contribution in [0.25, 0.3) is 0 Å². The molecule has 2 fully saturated rings. The van der Waals surface area contributed by atoms with Gasteiger partial charge in [-0.2, -0.15) is 0 Å². The van der Waals surface area contributed by atoms with E-state index in [1.807, 2.05) is 0 Å².